The second-order valence-corrected chi connectivity index (χ2v) is 6.64. The molecular formula is C17H26N6O. The van der Waals surface area contributed by atoms with E-state index in [0.29, 0.717) is 6.04 Å². The van der Waals surface area contributed by atoms with E-state index in [1.54, 1.807) is 0 Å². The van der Waals surface area contributed by atoms with Crippen LogP contribution in [0.1, 0.15) is 36.9 Å². The molecule has 0 amide bonds. The minimum absolute atomic E-state index is 0.123. The van der Waals surface area contributed by atoms with Crippen molar-refractivity contribution in [1.82, 2.24) is 29.3 Å². The Kier molecular flexibility index (Phi) is 4.39. The number of nitrogens with zero attached hydrogens (tertiary/aromatic N) is 5. The van der Waals surface area contributed by atoms with Crippen LogP contribution >= 0.6 is 0 Å². The van der Waals surface area contributed by atoms with Crippen molar-refractivity contribution < 1.29 is 4.74 Å². The Labute approximate surface area is 142 Å². The molecule has 130 valence electrons. The van der Waals surface area contributed by atoms with E-state index in [4.69, 9.17) is 4.74 Å². The molecule has 0 radical (unpaired) electrons. The van der Waals surface area contributed by atoms with Crippen molar-refractivity contribution in [2.24, 2.45) is 7.05 Å². The van der Waals surface area contributed by atoms with Gasteiger partial charge in [-0.1, -0.05) is 6.92 Å². The molecule has 7 heteroatoms. The maximum Gasteiger partial charge on any atom is 0.125 e. The van der Waals surface area contributed by atoms with Gasteiger partial charge in [-0.25, -0.2) is 9.97 Å². The van der Waals surface area contributed by atoms with E-state index in [1.165, 1.54) is 5.69 Å². The van der Waals surface area contributed by atoms with E-state index in [-0.39, 0.29) is 12.1 Å². The van der Waals surface area contributed by atoms with Crippen molar-refractivity contribution in [3.63, 3.8) is 0 Å². The van der Waals surface area contributed by atoms with Gasteiger partial charge in [0.25, 0.3) is 0 Å². The third kappa shape index (κ3) is 2.76. The monoisotopic (exact) mass is 330 g/mol. The number of aryl methyl sites for hydroxylation is 2. The highest BCUT2D eigenvalue weighted by Gasteiger charge is 2.35. The second-order valence-electron chi connectivity index (χ2n) is 6.64. The summed E-state index contributed by atoms with van der Waals surface area (Å²) >= 11 is 0. The van der Waals surface area contributed by atoms with Gasteiger partial charge in [0.2, 0.25) is 0 Å². The van der Waals surface area contributed by atoms with Crippen LogP contribution in [0, 0.1) is 0 Å². The lowest BCUT2D eigenvalue weighted by Gasteiger charge is -2.41. The van der Waals surface area contributed by atoms with Crippen LogP contribution in [0.2, 0.25) is 0 Å². The first kappa shape index (κ1) is 15.8. The van der Waals surface area contributed by atoms with Crippen LogP contribution in [0.15, 0.2) is 24.9 Å². The zero-order chi connectivity index (χ0) is 16.5. The third-order valence-corrected chi connectivity index (χ3v) is 5.30. The van der Waals surface area contributed by atoms with E-state index < -0.39 is 0 Å². The van der Waals surface area contributed by atoms with Crippen LogP contribution in [-0.2, 0) is 18.3 Å². The summed E-state index contributed by atoms with van der Waals surface area (Å²) in [5.41, 5.74) is 1.22. The van der Waals surface area contributed by atoms with Gasteiger partial charge in [0, 0.05) is 45.3 Å². The topological polar surface area (TPSA) is 60.1 Å². The van der Waals surface area contributed by atoms with Crippen LogP contribution in [0.4, 0.5) is 0 Å². The molecule has 0 spiro atoms. The highest BCUT2D eigenvalue weighted by Crippen LogP contribution is 2.30. The number of likely N-dealkylation sites (N-methyl/N-ethyl adjacent to an activating group) is 1. The van der Waals surface area contributed by atoms with Gasteiger partial charge >= 0.3 is 0 Å². The molecule has 1 saturated heterocycles. The number of imidazole rings is 2. The lowest BCUT2D eigenvalue weighted by Crippen LogP contribution is -2.49. The Hall–Kier alpha value is -1.70. The number of hydrogen-bond acceptors (Lipinski definition) is 5. The summed E-state index contributed by atoms with van der Waals surface area (Å²) in [6, 6.07) is 0.567. The van der Waals surface area contributed by atoms with Crippen LogP contribution in [0.5, 0.6) is 0 Å². The first-order chi connectivity index (χ1) is 11.8. The number of rotatable bonds is 5. The molecule has 0 aromatic carbocycles. The molecule has 4 rings (SSSR count). The lowest BCUT2D eigenvalue weighted by molar-refractivity contribution is -0.0724. The summed E-state index contributed by atoms with van der Waals surface area (Å²) in [6.07, 6.45) is 9.01. The molecule has 2 aliphatic heterocycles. The maximum absolute atomic E-state index is 6.16. The van der Waals surface area contributed by atoms with E-state index in [9.17, 15) is 0 Å². The predicted molar refractivity (Wildman–Crippen MR) is 90.5 cm³/mol. The van der Waals surface area contributed by atoms with Crippen molar-refractivity contribution >= 4 is 0 Å². The number of morpholine rings is 1. The molecule has 1 fully saturated rings. The Balaban J connectivity index is 1.49. The van der Waals surface area contributed by atoms with Crippen LogP contribution < -0.4 is 5.32 Å². The third-order valence-electron chi connectivity index (χ3n) is 5.30. The quantitative estimate of drug-likeness (QED) is 0.890. The molecule has 2 aromatic rings. The molecule has 0 bridgehead atoms. The summed E-state index contributed by atoms with van der Waals surface area (Å²) < 4.78 is 10.5. The summed E-state index contributed by atoms with van der Waals surface area (Å²) in [6.45, 7) is 6.86. The number of fused-ring (bicyclic) bond motifs is 1. The molecular weight excluding hydrogens is 304 g/mol. The van der Waals surface area contributed by atoms with Crippen molar-refractivity contribution in [2.75, 3.05) is 26.2 Å². The highest BCUT2D eigenvalue weighted by atomic mass is 16.5. The summed E-state index contributed by atoms with van der Waals surface area (Å²) in [4.78, 5) is 11.3. The zero-order valence-corrected chi connectivity index (χ0v) is 14.4. The Morgan fingerprint density at radius 2 is 2.29 bits per heavy atom. The molecule has 1 N–H and O–H groups in total. The van der Waals surface area contributed by atoms with E-state index in [0.717, 1.165) is 45.0 Å². The summed E-state index contributed by atoms with van der Waals surface area (Å²) in [5, 5.41) is 3.68. The van der Waals surface area contributed by atoms with Crippen molar-refractivity contribution in [3.8, 4) is 0 Å². The molecule has 0 aliphatic carbocycles. The van der Waals surface area contributed by atoms with E-state index >= 15 is 0 Å². The normalized spacial score (nSPS) is 27.5. The zero-order valence-electron chi connectivity index (χ0n) is 14.4. The molecule has 0 saturated carbocycles. The van der Waals surface area contributed by atoms with Crippen LogP contribution in [-0.4, -0.2) is 56.3 Å². The van der Waals surface area contributed by atoms with Gasteiger partial charge in [-0.05, 0) is 13.0 Å². The Bertz CT molecular complexity index is 680. The Morgan fingerprint density at radius 1 is 1.38 bits per heavy atom. The second kappa shape index (κ2) is 6.66. The van der Waals surface area contributed by atoms with Gasteiger partial charge < -0.3 is 19.2 Å². The van der Waals surface area contributed by atoms with Crippen molar-refractivity contribution in [2.45, 2.75) is 38.1 Å². The molecule has 1 unspecified atom stereocenters. The van der Waals surface area contributed by atoms with Gasteiger partial charge in [-0.3, -0.25) is 4.90 Å². The number of hydrogen-bond donors (Lipinski definition) is 1. The van der Waals surface area contributed by atoms with Gasteiger partial charge in [0.15, 0.2) is 0 Å². The van der Waals surface area contributed by atoms with Gasteiger partial charge in [0.1, 0.15) is 5.82 Å². The Morgan fingerprint density at radius 3 is 3.08 bits per heavy atom. The molecule has 2 aliphatic rings. The van der Waals surface area contributed by atoms with Gasteiger partial charge in [-0.15, -0.1) is 0 Å². The largest absolute Gasteiger partial charge is 0.374 e. The minimum Gasteiger partial charge on any atom is -0.374 e. The number of aromatic nitrogens is 4. The van der Waals surface area contributed by atoms with Crippen LogP contribution in [0.3, 0.4) is 0 Å². The average Bonchev–Trinajstić information content (AvgIpc) is 3.30. The smallest absolute Gasteiger partial charge is 0.125 e. The van der Waals surface area contributed by atoms with Gasteiger partial charge in [-0.2, -0.15) is 0 Å². The maximum atomic E-state index is 6.16. The van der Waals surface area contributed by atoms with Crippen molar-refractivity contribution in [1.29, 1.82) is 0 Å². The van der Waals surface area contributed by atoms with Crippen LogP contribution in [0.25, 0.3) is 0 Å². The van der Waals surface area contributed by atoms with E-state index in [1.807, 2.05) is 18.7 Å². The fourth-order valence-electron chi connectivity index (χ4n) is 4.01. The number of ether oxygens (including phenoxy) is 1. The summed E-state index contributed by atoms with van der Waals surface area (Å²) in [5.74, 6) is 1.15. The molecule has 3 atom stereocenters. The van der Waals surface area contributed by atoms with E-state index in [2.05, 4.69) is 49.5 Å². The summed E-state index contributed by atoms with van der Waals surface area (Å²) in [7, 11) is 2.06. The first-order valence-electron chi connectivity index (χ1n) is 8.84. The molecule has 24 heavy (non-hydrogen) atoms. The average molecular weight is 330 g/mol. The fraction of sp³-hybridized carbons (Fsp3) is 0.647. The first-order valence-corrected chi connectivity index (χ1v) is 8.84. The lowest BCUT2D eigenvalue weighted by atomic mass is 10.0. The fourth-order valence-corrected chi connectivity index (χ4v) is 4.01. The SMILES string of the molecule is CCN1CCO[C@@H](CNC2CCn3ccnc32)[C@@H]1c1cncn1C. The van der Waals surface area contributed by atoms with Crippen molar-refractivity contribution in [3.05, 3.63) is 36.4 Å². The molecule has 4 heterocycles. The highest BCUT2D eigenvalue weighted by molar-refractivity contribution is 5.10. The molecule has 7 nitrogen and oxygen atoms in total. The molecule has 2 aromatic heterocycles. The minimum atomic E-state index is 0.123. The number of nitrogens with one attached hydrogen (secondary N) is 1. The standard InChI is InChI=1S/C17H26N6O/c1-3-22-8-9-24-15(16(22)14-10-18-12-21(14)2)11-20-13-4-6-23-7-5-19-17(13)23/h5,7,10,12-13,15-16,20H,3-4,6,8-9,11H2,1-2H3/t13?,15-,16-/m0/s1. The van der Waals surface area contributed by atoms with Gasteiger partial charge in [0.05, 0.1) is 36.8 Å². The predicted octanol–water partition coefficient (Wildman–Crippen LogP) is 1.11.